The molecule has 1 aliphatic heterocycles. The van der Waals surface area contributed by atoms with Crippen LogP contribution in [0.1, 0.15) is 22.5 Å². The summed E-state index contributed by atoms with van der Waals surface area (Å²) in [6, 6.07) is 3.68. The predicted octanol–water partition coefficient (Wildman–Crippen LogP) is 3.50. The van der Waals surface area contributed by atoms with Crippen LogP contribution in [0.2, 0.25) is 0 Å². The predicted molar refractivity (Wildman–Crippen MR) is 119 cm³/mol. The summed E-state index contributed by atoms with van der Waals surface area (Å²) in [7, 11) is 6.71. The van der Waals surface area contributed by atoms with Gasteiger partial charge in [0.15, 0.2) is 0 Å². The van der Waals surface area contributed by atoms with Crippen LogP contribution in [0.3, 0.4) is 0 Å². The number of rotatable bonds is 6. The number of carbonyl (C=O) groups excluding carboxylic acids is 1. The average molecular weight is 441 g/mol. The van der Waals surface area contributed by atoms with Gasteiger partial charge in [-0.1, -0.05) is 6.08 Å². The molecule has 4 rings (SSSR count). The molecule has 1 aliphatic rings. The molecular formula is C22H24N4O4S. The number of methoxy groups -OCH3 is 3. The highest BCUT2D eigenvalue weighted by Gasteiger charge is 2.25. The van der Waals surface area contributed by atoms with Crippen LogP contribution >= 0.6 is 11.3 Å². The minimum Gasteiger partial charge on any atom is -0.496 e. The zero-order chi connectivity index (χ0) is 22.0. The van der Waals surface area contributed by atoms with Crippen LogP contribution in [0, 0.1) is 0 Å². The van der Waals surface area contributed by atoms with Crippen LogP contribution in [0.5, 0.6) is 17.2 Å². The summed E-state index contributed by atoms with van der Waals surface area (Å²) in [5.41, 5.74) is 3.34. The summed E-state index contributed by atoms with van der Waals surface area (Å²) < 4.78 is 18.2. The Morgan fingerprint density at radius 3 is 2.42 bits per heavy atom. The van der Waals surface area contributed by atoms with E-state index in [-0.39, 0.29) is 5.91 Å². The number of benzene rings is 1. The van der Waals surface area contributed by atoms with Crippen LogP contribution in [-0.2, 0) is 7.05 Å². The second-order valence-corrected chi connectivity index (χ2v) is 7.94. The van der Waals surface area contributed by atoms with E-state index in [2.05, 4.69) is 10.1 Å². The second-order valence-electron chi connectivity index (χ2n) is 7.08. The Labute approximate surface area is 184 Å². The monoisotopic (exact) mass is 440 g/mol. The van der Waals surface area contributed by atoms with Crippen molar-refractivity contribution in [1.29, 1.82) is 0 Å². The number of thiazole rings is 1. The van der Waals surface area contributed by atoms with Crippen molar-refractivity contribution in [3.05, 3.63) is 47.2 Å². The topological polar surface area (TPSA) is 78.7 Å². The number of aryl methyl sites for hydroxylation is 1. The summed E-state index contributed by atoms with van der Waals surface area (Å²) in [4.78, 5) is 19.3. The zero-order valence-corrected chi connectivity index (χ0v) is 18.7. The van der Waals surface area contributed by atoms with E-state index in [0.29, 0.717) is 42.5 Å². The molecule has 0 fully saturated rings. The number of aromatic nitrogens is 3. The van der Waals surface area contributed by atoms with Crippen molar-refractivity contribution in [3.8, 4) is 27.8 Å². The van der Waals surface area contributed by atoms with Crippen LogP contribution in [0.25, 0.3) is 16.1 Å². The van der Waals surface area contributed by atoms with Crippen LogP contribution in [-0.4, -0.2) is 60.0 Å². The second kappa shape index (κ2) is 8.81. The summed E-state index contributed by atoms with van der Waals surface area (Å²) in [6.07, 6.45) is 6.37. The molecule has 3 heterocycles. The highest BCUT2D eigenvalue weighted by atomic mass is 32.1. The first-order valence-corrected chi connectivity index (χ1v) is 10.6. The lowest BCUT2D eigenvalue weighted by Gasteiger charge is -2.27. The Morgan fingerprint density at radius 2 is 1.87 bits per heavy atom. The molecule has 0 radical (unpaired) electrons. The molecular weight excluding hydrogens is 416 g/mol. The molecule has 31 heavy (non-hydrogen) atoms. The lowest BCUT2D eigenvalue weighted by Crippen LogP contribution is -2.34. The molecule has 0 saturated heterocycles. The standard InChI is InChI=1S/C22H24N4O4S/c1-25-12-15(11-23-25)21-24-17(13-31-21)22(27)26-7-5-14(6-8-26)20-18(29-3)9-16(28-2)10-19(20)30-4/h5,9-13H,6-8H2,1-4H3. The van der Waals surface area contributed by atoms with E-state index >= 15 is 0 Å². The average Bonchev–Trinajstić information content (AvgIpc) is 3.47. The maximum Gasteiger partial charge on any atom is 0.273 e. The maximum absolute atomic E-state index is 13.0. The van der Waals surface area contributed by atoms with Crippen molar-refractivity contribution >= 4 is 22.8 Å². The van der Waals surface area contributed by atoms with E-state index in [1.807, 2.05) is 31.5 Å². The minimum atomic E-state index is -0.0737. The molecule has 0 bridgehead atoms. The van der Waals surface area contributed by atoms with Gasteiger partial charge in [-0.15, -0.1) is 11.3 Å². The molecule has 0 atom stereocenters. The lowest BCUT2D eigenvalue weighted by molar-refractivity contribution is 0.0768. The number of amides is 1. The fourth-order valence-electron chi connectivity index (χ4n) is 3.60. The van der Waals surface area contributed by atoms with Crippen LogP contribution in [0.15, 0.2) is 36.0 Å². The number of hydrogen-bond acceptors (Lipinski definition) is 7. The maximum atomic E-state index is 13.0. The van der Waals surface area contributed by atoms with Crippen molar-refractivity contribution in [2.75, 3.05) is 34.4 Å². The third kappa shape index (κ3) is 4.13. The first kappa shape index (κ1) is 20.9. The largest absolute Gasteiger partial charge is 0.496 e. The van der Waals surface area contributed by atoms with Crippen molar-refractivity contribution in [2.45, 2.75) is 6.42 Å². The van der Waals surface area contributed by atoms with Gasteiger partial charge < -0.3 is 19.1 Å². The molecule has 2 aromatic heterocycles. The SMILES string of the molecule is COc1cc(OC)c(C2=CCN(C(=O)c3csc(-c4cnn(C)c4)n3)CC2)c(OC)c1. The molecule has 3 aromatic rings. The first-order valence-electron chi connectivity index (χ1n) is 9.77. The number of nitrogens with zero attached hydrogens (tertiary/aromatic N) is 4. The van der Waals surface area contributed by atoms with Gasteiger partial charge in [-0.25, -0.2) is 4.98 Å². The zero-order valence-electron chi connectivity index (χ0n) is 17.9. The van der Waals surface area contributed by atoms with Gasteiger partial charge in [0, 0.05) is 49.4 Å². The quantitative estimate of drug-likeness (QED) is 0.584. The van der Waals surface area contributed by atoms with Gasteiger partial charge in [0.05, 0.1) is 33.1 Å². The van der Waals surface area contributed by atoms with Gasteiger partial charge in [-0.05, 0) is 12.0 Å². The third-order valence-electron chi connectivity index (χ3n) is 5.21. The number of ether oxygens (including phenoxy) is 3. The summed E-state index contributed by atoms with van der Waals surface area (Å²) in [6.45, 7) is 1.08. The van der Waals surface area contributed by atoms with Crippen molar-refractivity contribution in [2.24, 2.45) is 7.05 Å². The fraction of sp³-hybridized carbons (Fsp3) is 0.318. The highest BCUT2D eigenvalue weighted by molar-refractivity contribution is 7.13. The molecule has 0 aliphatic carbocycles. The Balaban J connectivity index is 1.53. The van der Waals surface area contributed by atoms with Gasteiger partial charge in [0.2, 0.25) is 0 Å². The van der Waals surface area contributed by atoms with Gasteiger partial charge in [-0.2, -0.15) is 5.10 Å². The first-order chi connectivity index (χ1) is 15.0. The van der Waals surface area contributed by atoms with E-state index in [9.17, 15) is 4.79 Å². The number of carbonyl (C=O) groups is 1. The lowest BCUT2D eigenvalue weighted by atomic mass is 9.97. The summed E-state index contributed by atoms with van der Waals surface area (Å²) in [5.74, 6) is 1.96. The van der Waals surface area contributed by atoms with E-state index in [1.165, 1.54) is 11.3 Å². The normalized spacial score (nSPS) is 13.7. The highest BCUT2D eigenvalue weighted by Crippen LogP contribution is 2.41. The molecule has 0 N–H and O–H groups in total. The third-order valence-corrected chi connectivity index (χ3v) is 6.10. The molecule has 0 unspecified atom stereocenters. The van der Waals surface area contributed by atoms with E-state index in [1.54, 1.807) is 42.5 Å². The molecule has 0 saturated carbocycles. The molecule has 0 spiro atoms. The van der Waals surface area contributed by atoms with Crippen molar-refractivity contribution in [1.82, 2.24) is 19.7 Å². The van der Waals surface area contributed by atoms with E-state index in [4.69, 9.17) is 14.2 Å². The minimum absolute atomic E-state index is 0.0737. The molecule has 9 heteroatoms. The van der Waals surface area contributed by atoms with E-state index < -0.39 is 0 Å². The molecule has 8 nitrogen and oxygen atoms in total. The molecule has 1 aromatic carbocycles. The van der Waals surface area contributed by atoms with Gasteiger partial charge >= 0.3 is 0 Å². The molecule has 162 valence electrons. The van der Waals surface area contributed by atoms with Gasteiger partial charge in [-0.3, -0.25) is 9.48 Å². The van der Waals surface area contributed by atoms with Gasteiger partial charge in [0.1, 0.15) is 28.0 Å². The Bertz CT molecular complexity index is 1110. The van der Waals surface area contributed by atoms with Crippen LogP contribution in [0.4, 0.5) is 0 Å². The Morgan fingerprint density at radius 1 is 1.13 bits per heavy atom. The van der Waals surface area contributed by atoms with Crippen molar-refractivity contribution < 1.29 is 19.0 Å². The fourth-order valence-corrected chi connectivity index (χ4v) is 4.37. The van der Waals surface area contributed by atoms with Crippen LogP contribution < -0.4 is 14.2 Å². The smallest absolute Gasteiger partial charge is 0.273 e. The van der Waals surface area contributed by atoms with E-state index in [0.717, 1.165) is 21.7 Å². The Kier molecular flexibility index (Phi) is 5.94. The summed E-state index contributed by atoms with van der Waals surface area (Å²) >= 11 is 1.45. The van der Waals surface area contributed by atoms with Gasteiger partial charge in [0.25, 0.3) is 5.91 Å². The number of hydrogen-bond donors (Lipinski definition) is 0. The summed E-state index contributed by atoms with van der Waals surface area (Å²) in [5, 5.41) is 6.76. The van der Waals surface area contributed by atoms with Crippen molar-refractivity contribution in [3.63, 3.8) is 0 Å². The molecule has 1 amide bonds. The Hall–Kier alpha value is -3.33.